The van der Waals surface area contributed by atoms with Crippen molar-refractivity contribution in [3.8, 4) is 11.5 Å². The van der Waals surface area contributed by atoms with Gasteiger partial charge in [-0.15, -0.1) is 0 Å². The fraction of sp³-hybridized carbons (Fsp3) is 0.0833. The van der Waals surface area contributed by atoms with E-state index in [0.29, 0.717) is 17.3 Å². The Morgan fingerprint density at radius 3 is 2.29 bits per heavy atom. The lowest BCUT2D eigenvalue weighted by molar-refractivity contribution is 0.102. The number of amides is 1. The van der Waals surface area contributed by atoms with Crippen LogP contribution >= 0.6 is 0 Å². The standard InChI is InChI=1S/C24H20N2O2/c1-17-22(26-24(28-17)19-12-6-3-7-13-19)23(27)25-21-15-9-8-14-20(21)16-18-10-4-2-5-11-18/h2-15H,16H2,1H3,(H,25,27). The molecule has 4 heteroatoms. The van der Waals surface area contributed by atoms with Crippen LogP contribution in [0, 0.1) is 6.92 Å². The molecule has 1 N–H and O–H groups in total. The summed E-state index contributed by atoms with van der Waals surface area (Å²) in [6.45, 7) is 1.75. The van der Waals surface area contributed by atoms with Gasteiger partial charge in [0.1, 0.15) is 5.76 Å². The number of anilines is 1. The molecule has 138 valence electrons. The highest BCUT2D eigenvalue weighted by Crippen LogP contribution is 2.24. The van der Waals surface area contributed by atoms with Crippen LogP contribution in [0.4, 0.5) is 5.69 Å². The molecule has 0 bridgehead atoms. The van der Waals surface area contributed by atoms with E-state index in [9.17, 15) is 4.79 Å². The first kappa shape index (κ1) is 17.7. The Hall–Kier alpha value is -3.66. The van der Waals surface area contributed by atoms with Crippen LogP contribution < -0.4 is 5.32 Å². The summed E-state index contributed by atoms with van der Waals surface area (Å²) in [5.74, 6) is 0.668. The number of oxazole rings is 1. The van der Waals surface area contributed by atoms with Crippen molar-refractivity contribution in [3.63, 3.8) is 0 Å². The molecule has 0 radical (unpaired) electrons. The van der Waals surface area contributed by atoms with Gasteiger partial charge in [-0.1, -0.05) is 66.7 Å². The van der Waals surface area contributed by atoms with E-state index in [1.165, 1.54) is 5.56 Å². The number of aromatic nitrogens is 1. The highest BCUT2D eigenvalue weighted by Gasteiger charge is 2.19. The number of nitrogens with zero attached hydrogens (tertiary/aromatic N) is 1. The first-order chi connectivity index (χ1) is 13.7. The predicted molar refractivity (Wildman–Crippen MR) is 110 cm³/mol. The van der Waals surface area contributed by atoms with Crippen LogP contribution in [0.1, 0.15) is 27.4 Å². The topological polar surface area (TPSA) is 55.1 Å². The lowest BCUT2D eigenvalue weighted by Gasteiger charge is -2.10. The Balaban J connectivity index is 1.57. The number of hydrogen-bond donors (Lipinski definition) is 1. The maximum atomic E-state index is 12.9. The summed E-state index contributed by atoms with van der Waals surface area (Å²) in [6.07, 6.45) is 0.740. The highest BCUT2D eigenvalue weighted by atomic mass is 16.4. The summed E-state index contributed by atoms with van der Waals surface area (Å²) in [7, 11) is 0. The van der Waals surface area contributed by atoms with Crippen LogP contribution in [0.5, 0.6) is 0 Å². The number of hydrogen-bond acceptors (Lipinski definition) is 3. The van der Waals surface area contributed by atoms with E-state index in [2.05, 4.69) is 22.4 Å². The Bertz CT molecular complexity index is 1090. The molecule has 0 aliphatic carbocycles. The third-order valence-corrected chi connectivity index (χ3v) is 4.54. The molecule has 28 heavy (non-hydrogen) atoms. The number of aryl methyl sites for hydroxylation is 1. The largest absolute Gasteiger partial charge is 0.441 e. The van der Waals surface area contributed by atoms with E-state index < -0.39 is 0 Å². The smallest absolute Gasteiger partial charge is 0.277 e. The molecule has 4 nitrogen and oxygen atoms in total. The molecule has 0 fully saturated rings. The monoisotopic (exact) mass is 368 g/mol. The number of para-hydroxylation sites is 1. The quantitative estimate of drug-likeness (QED) is 0.506. The molecule has 0 saturated carbocycles. The Kier molecular flexibility index (Phi) is 5.02. The summed E-state index contributed by atoms with van der Waals surface area (Å²) in [6, 6.07) is 27.5. The van der Waals surface area contributed by atoms with Crippen molar-refractivity contribution in [1.29, 1.82) is 0 Å². The van der Waals surface area contributed by atoms with Crippen molar-refractivity contribution in [3.05, 3.63) is 108 Å². The second kappa shape index (κ2) is 7.92. The Labute approximate surface area is 163 Å². The normalized spacial score (nSPS) is 10.6. The molecule has 3 aromatic carbocycles. The van der Waals surface area contributed by atoms with Crippen molar-refractivity contribution in [2.24, 2.45) is 0 Å². The van der Waals surface area contributed by atoms with Crippen LogP contribution in [-0.4, -0.2) is 10.9 Å². The molecular weight excluding hydrogens is 348 g/mol. The summed E-state index contributed by atoms with van der Waals surface area (Å²) in [5, 5.41) is 2.99. The van der Waals surface area contributed by atoms with Gasteiger partial charge in [-0.25, -0.2) is 4.98 Å². The second-order valence-corrected chi connectivity index (χ2v) is 6.56. The van der Waals surface area contributed by atoms with Crippen LogP contribution in [-0.2, 0) is 6.42 Å². The minimum Gasteiger partial charge on any atom is -0.441 e. The number of carbonyl (C=O) groups excluding carboxylic acids is 1. The van der Waals surface area contributed by atoms with Crippen LogP contribution in [0.2, 0.25) is 0 Å². The zero-order chi connectivity index (χ0) is 19.3. The van der Waals surface area contributed by atoms with E-state index in [1.807, 2.05) is 72.8 Å². The van der Waals surface area contributed by atoms with Gasteiger partial charge in [-0.2, -0.15) is 0 Å². The zero-order valence-electron chi connectivity index (χ0n) is 15.6. The van der Waals surface area contributed by atoms with Crippen molar-refractivity contribution in [1.82, 2.24) is 4.98 Å². The molecule has 1 aromatic heterocycles. The number of benzene rings is 3. The number of carbonyl (C=O) groups is 1. The first-order valence-corrected chi connectivity index (χ1v) is 9.17. The lowest BCUT2D eigenvalue weighted by atomic mass is 10.0. The summed E-state index contributed by atoms with van der Waals surface area (Å²) in [4.78, 5) is 17.3. The van der Waals surface area contributed by atoms with Crippen molar-refractivity contribution in [2.45, 2.75) is 13.3 Å². The van der Waals surface area contributed by atoms with Gasteiger partial charge in [0.2, 0.25) is 5.89 Å². The minimum atomic E-state index is -0.274. The maximum Gasteiger partial charge on any atom is 0.277 e. The SMILES string of the molecule is Cc1oc(-c2ccccc2)nc1C(=O)Nc1ccccc1Cc1ccccc1. The number of rotatable bonds is 5. The molecule has 0 saturated heterocycles. The minimum absolute atomic E-state index is 0.274. The maximum absolute atomic E-state index is 12.9. The van der Waals surface area contributed by atoms with E-state index in [-0.39, 0.29) is 5.91 Å². The van der Waals surface area contributed by atoms with Crippen LogP contribution in [0.15, 0.2) is 89.3 Å². The third-order valence-electron chi connectivity index (χ3n) is 4.54. The van der Waals surface area contributed by atoms with Gasteiger partial charge in [0.15, 0.2) is 5.69 Å². The molecule has 0 spiro atoms. The molecule has 1 amide bonds. The Morgan fingerprint density at radius 2 is 1.54 bits per heavy atom. The van der Waals surface area contributed by atoms with Gasteiger partial charge in [0, 0.05) is 11.3 Å². The fourth-order valence-electron chi connectivity index (χ4n) is 3.10. The van der Waals surface area contributed by atoms with Gasteiger partial charge in [-0.05, 0) is 42.7 Å². The van der Waals surface area contributed by atoms with Gasteiger partial charge >= 0.3 is 0 Å². The molecule has 4 aromatic rings. The summed E-state index contributed by atoms with van der Waals surface area (Å²) in [5.41, 5.74) is 4.15. The lowest BCUT2D eigenvalue weighted by Crippen LogP contribution is -2.15. The first-order valence-electron chi connectivity index (χ1n) is 9.17. The predicted octanol–water partition coefficient (Wildman–Crippen LogP) is 5.49. The molecule has 4 rings (SSSR count). The highest BCUT2D eigenvalue weighted by molar-refractivity contribution is 6.04. The fourth-order valence-corrected chi connectivity index (χ4v) is 3.10. The Morgan fingerprint density at radius 1 is 0.893 bits per heavy atom. The van der Waals surface area contributed by atoms with Gasteiger partial charge in [0.05, 0.1) is 0 Å². The molecule has 0 aliphatic rings. The van der Waals surface area contributed by atoms with E-state index >= 15 is 0 Å². The molecular formula is C24H20N2O2. The van der Waals surface area contributed by atoms with Crippen molar-refractivity contribution < 1.29 is 9.21 Å². The van der Waals surface area contributed by atoms with E-state index in [1.54, 1.807) is 6.92 Å². The van der Waals surface area contributed by atoms with E-state index in [0.717, 1.165) is 23.2 Å². The second-order valence-electron chi connectivity index (χ2n) is 6.56. The van der Waals surface area contributed by atoms with Gasteiger partial charge in [0.25, 0.3) is 5.91 Å². The van der Waals surface area contributed by atoms with Gasteiger partial charge < -0.3 is 9.73 Å². The number of nitrogens with one attached hydrogen (secondary N) is 1. The van der Waals surface area contributed by atoms with Crippen LogP contribution in [0.25, 0.3) is 11.5 Å². The third kappa shape index (κ3) is 3.86. The van der Waals surface area contributed by atoms with Crippen LogP contribution in [0.3, 0.4) is 0 Å². The van der Waals surface area contributed by atoms with Crippen molar-refractivity contribution >= 4 is 11.6 Å². The van der Waals surface area contributed by atoms with E-state index in [4.69, 9.17) is 4.42 Å². The average Bonchev–Trinajstić information content (AvgIpc) is 3.13. The van der Waals surface area contributed by atoms with Gasteiger partial charge in [-0.3, -0.25) is 4.79 Å². The van der Waals surface area contributed by atoms with Crippen molar-refractivity contribution in [2.75, 3.05) is 5.32 Å². The molecule has 0 unspecified atom stereocenters. The zero-order valence-corrected chi connectivity index (χ0v) is 15.6. The molecule has 0 atom stereocenters. The summed E-state index contributed by atoms with van der Waals surface area (Å²) >= 11 is 0. The molecule has 0 aliphatic heterocycles. The average molecular weight is 368 g/mol. The summed E-state index contributed by atoms with van der Waals surface area (Å²) < 4.78 is 5.71. The molecule has 1 heterocycles.